The summed E-state index contributed by atoms with van der Waals surface area (Å²) >= 11 is 1.63. The molecule has 0 saturated carbocycles. The third kappa shape index (κ3) is 5.76. The van der Waals surface area contributed by atoms with Gasteiger partial charge >= 0.3 is 0 Å². The van der Waals surface area contributed by atoms with Crippen molar-refractivity contribution in [1.82, 2.24) is 4.90 Å². The van der Waals surface area contributed by atoms with E-state index in [4.69, 9.17) is 9.56 Å². The van der Waals surface area contributed by atoms with E-state index in [0.717, 1.165) is 10.6 Å². The lowest BCUT2D eigenvalue weighted by Crippen LogP contribution is -2.32. The monoisotopic (exact) mass is 405 g/mol. The molecule has 0 fully saturated rings. The van der Waals surface area contributed by atoms with Gasteiger partial charge in [-0.2, -0.15) is 0 Å². The van der Waals surface area contributed by atoms with Crippen molar-refractivity contribution in [2.45, 2.75) is 18.0 Å². The number of nitrogens with two attached hydrogens (primary N) is 1. The first-order valence-electron chi connectivity index (χ1n) is 8.10. The Bertz CT molecular complexity index is 930. The molecule has 1 aromatic carbocycles. The van der Waals surface area contributed by atoms with Crippen LogP contribution in [0.5, 0.6) is 0 Å². The first-order chi connectivity index (χ1) is 12.9. The molecule has 7 nitrogen and oxygen atoms in total. The second kappa shape index (κ2) is 8.49. The molecule has 0 unspecified atom stereocenters. The molecule has 0 aliphatic heterocycles. The van der Waals surface area contributed by atoms with Crippen molar-refractivity contribution in [2.75, 3.05) is 11.9 Å². The average Bonchev–Trinajstić information content (AvgIpc) is 3.28. The number of carbonyl (C=O) groups excluding carboxylic acids is 1. The summed E-state index contributed by atoms with van der Waals surface area (Å²) in [5.74, 6) is 0.568. The Morgan fingerprint density at radius 1 is 1.11 bits per heavy atom. The normalized spacial score (nSPS) is 11.6. The Morgan fingerprint density at radius 2 is 1.89 bits per heavy atom. The van der Waals surface area contributed by atoms with Gasteiger partial charge in [0.2, 0.25) is 15.9 Å². The molecule has 3 aromatic rings. The van der Waals surface area contributed by atoms with Crippen molar-refractivity contribution in [2.24, 2.45) is 5.14 Å². The zero-order chi connectivity index (χ0) is 19.3. The number of furan rings is 1. The molecule has 0 atom stereocenters. The van der Waals surface area contributed by atoms with Gasteiger partial charge in [0.1, 0.15) is 5.76 Å². The molecule has 0 radical (unpaired) electrons. The SMILES string of the molecule is NS(=O)(=O)c1ccc(NC(=O)CN(Cc2ccco2)Cc2cccs2)cc1. The second-order valence-corrected chi connectivity index (χ2v) is 8.52. The second-order valence-electron chi connectivity index (χ2n) is 5.92. The van der Waals surface area contributed by atoms with E-state index in [1.807, 2.05) is 34.5 Å². The molecule has 0 spiro atoms. The number of amides is 1. The van der Waals surface area contributed by atoms with Gasteiger partial charge in [0.05, 0.1) is 24.2 Å². The van der Waals surface area contributed by atoms with E-state index in [-0.39, 0.29) is 17.3 Å². The minimum Gasteiger partial charge on any atom is -0.468 e. The van der Waals surface area contributed by atoms with Gasteiger partial charge in [0.15, 0.2) is 0 Å². The summed E-state index contributed by atoms with van der Waals surface area (Å²) in [5, 5.41) is 9.83. The van der Waals surface area contributed by atoms with E-state index in [1.54, 1.807) is 17.6 Å². The molecule has 3 rings (SSSR count). The van der Waals surface area contributed by atoms with E-state index in [9.17, 15) is 13.2 Å². The fraction of sp³-hybridized carbons (Fsp3) is 0.167. The fourth-order valence-corrected chi connectivity index (χ4v) is 3.81. The largest absolute Gasteiger partial charge is 0.468 e. The lowest BCUT2D eigenvalue weighted by atomic mass is 10.3. The minimum absolute atomic E-state index is 0.00218. The van der Waals surface area contributed by atoms with Crippen LogP contribution in [0.1, 0.15) is 10.6 Å². The first-order valence-corrected chi connectivity index (χ1v) is 10.5. The maximum atomic E-state index is 12.4. The van der Waals surface area contributed by atoms with Crippen molar-refractivity contribution < 1.29 is 17.6 Å². The Kier molecular flexibility index (Phi) is 6.07. The molecular weight excluding hydrogens is 386 g/mol. The third-order valence-corrected chi connectivity index (χ3v) is 5.54. The van der Waals surface area contributed by atoms with E-state index >= 15 is 0 Å². The quantitative estimate of drug-likeness (QED) is 0.599. The number of primary sulfonamides is 1. The van der Waals surface area contributed by atoms with Crippen molar-refractivity contribution >= 4 is 33.0 Å². The number of sulfonamides is 1. The summed E-state index contributed by atoms with van der Waals surface area (Å²) in [7, 11) is -3.76. The smallest absolute Gasteiger partial charge is 0.238 e. The lowest BCUT2D eigenvalue weighted by Gasteiger charge is -2.20. The van der Waals surface area contributed by atoms with Gasteiger partial charge in [-0.1, -0.05) is 6.07 Å². The minimum atomic E-state index is -3.76. The highest BCUT2D eigenvalue weighted by Crippen LogP contribution is 2.16. The number of hydrogen-bond acceptors (Lipinski definition) is 6. The molecule has 2 heterocycles. The number of nitrogens with one attached hydrogen (secondary N) is 1. The van der Waals surface area contributed by atoms with E-state index in [0.29, 0.717) is 18.8 Å². The van der Waals surface area contributed by atoms with Crippen LogP contribution in [-0.4, -0.2) is 25.8 Å². The molecule has 1 amide bonds. The van der Waals surface area contributed by atoms with E-state index in [2.05, 4.69) is 5.32 Å². The summed E-state index contributed by atoms with van der Waals surface area (Å²) in [5.41, 5.74) is 0.501. The van der Waals surface area contributed by atoms with Crippen LogP contribution in [0.25, 0.3) is 0 Å². The van der Waals surface area contributed by atoms with Gasteiger partial charge in [-0.15, -0.1) is 11.3 Å². The van der Waals surface area contributed by atoms with Crippen LogP contribution < -0.4 is 10.5 Å². The first kappa shape index (κ1) is 19.3. The summed E-state index contributed by atoms with van der Waals surface area (Å²) < 4.78 is 28.0. The number of hydrogen-bond donors (Lipinski definition) is 2. The Balaban J connectivity index is 1.64. The predicted molar refractivity (Wildman–Crippen MR) is 104 cm³/mol. The maximum Gasteiger partial charge on any atom is 0.238 e. The number of thiophene rings is 1. The molecule has 3 N–H and O–H groups in total. The van der Waals surface area contributed by atoms with Gasteiger partial charge < -0.3 is 9.73 Å². The van der Waals surface area contributed by atoms with Crippen LogP contribution in [-0.2, 0) is 27.9 Å². The molecular formula is C18H19N3O4S2. The highest BCUT2D eigenvalue weighted by molar-refractivity contribution is 7.89. The molecule has 27 heavy (non-hydrogen) atoms. The maximum absolute atomic E-state index is 12.4. The number of nitrogens with zero attached hydrogens (tertiary/aromatic N) is 1. The van der Waals surface area contributed by atoms with Crippen LogP contribution in [0.15, 0.2) is 69.5 Å². The molecule has 0 saturated heterocycles. The van der Waals surface area contributed by atoms with Crippen LogP contribution >= 0.6 is 11.3 Å². The highest BCUT2D eigenvalue weighted by Gasteiger charge is 2.15. The molecule has 0 aliphatic rings. The van der Waals surface area contributed by atoms with Crippen LogP contribution in [0.2, 0.25) is 0 Å². The number of carbonyl (C=O) groups is 1. The Hall–Kier alpha value is -2.46. The summed E-state index contributed by atoms with van der Waals surface area (Å²) in [6.07, 6.45) is 1.60. The Morgan fingerprint density at radius 3 is 2.48 bits per heavy atom. The van der Waals surface area contributed by atoms with Gasteiger partial charge in [0, 0.05) is 17.1 Å². The van der Waals surface area contributed by atoms with Crippen molar-refractivity contribution in [3.05, 3.63) is 70.8 Å². The number of anilines is 1. The standard InChI is InChI=1S/C18H19N3O4S2/c19-27(23,24)17-7-5-14(6-8-17)20-18(22)13-21(11-15-3-1-9-25-15)12-16-4-2-10-26-16/h1-10H,11-13H2,(H,20,22)(H2,19,23,24). The van der Waals surface area contributed by atoms with Gasteiger partial charge in [-0.3, -0.25) is 9.69 Å². The topological polar surface area (TPSA) is 106 Å². The van der Waals surface area contributed by atoms with Gasteiger partial charge in [0.25, 0.3) is 0 Å². The van der Waals surface area contributed by atoms with Crippen molar-refractivity contribution in [3.63, 3.8) is 0 Å². The number of rotatable bonds is 8. The molecule has 142 valence electrons. The van der Waals surface area contributed by atoms with Crippen molar-refractivity contribution in [3.8, 4) is 0 Å². The zero-order valence-corrected chi connectivity index (χ0v) is 16.0. The third-order valence-electron chi connectivity index (χ3n) is 3.75. The highest BCUT2D eigenvalue weighted by atomic mass is 32.2. The molecule has 9 heteroatoms. The Labute approximate surface area is 161 Å². The number of benzene rings is 1. The predicted octanol–water partition coefficient (Wildman–Crippen LogP) is 2.63. The van der Waals surface area contributed by atoms with Gasteiger partial charge in [-0.25, -0.2) is 13.6 Å². The molecule has 2 aromatic heterocycles. The summed E-state index contributed by atoms with van der Waals surface area (Å²) in [6, 6.07) is 13.4. The van der Waals surface area contributed by atoms with Crippen molar-refractivity contribution in [1.29, 1.82) is 0 Å². The fourth-order valence-electron chi connectivity index (χ4n) is 2.55. The van der Waals surface area contributed by atoms with Crippen LogP contribution in [0.4, 0.5) is 5.69 Å². The van der Waals surface area contributed by atoms with Gasteiger partial charge in [-0.05, 0) is 47.8 Å². The molecule has 0 aliphatic carbocycles. The van der Waals surface area contributed by atoms with Crippen LogP contribution in [0, 0.1) is 0 Å². The van der Waals surface area contributed by atoms with Crippen LogP contribution in [0.3, 0.4) is 0 Å². The molecule has 0 bridgehead atoms. The van der Waals surface area contributed by atoms with E-state index in [1.165, 1.54) is 24.3 Å². The zero-order valence-electron chi connectivity index (χ0n) is 14.4. The van der Waals surface area contributed by atoms with E-state index < -0.39 is 10.0 Å². The average molecular weight is 406 g/mol. The summed E-state index contributed by atoms with van der Waals surface area (Å²) in [4.78, 5) is 15.6. The summed E-state index contributed by atoms with van der Waals surface area (Å²) in [6.45, 7) is 1.29. The lowest BCUT2D eigenvalue weighted by molar-refractivity contribution is -0.117.